The number of hydrogen-bond acceptors (Lipinski definition) is 6. The van der Waals surface area contributed by atoms with Crippen molar-refractivity contribution in [2.75, 3.05) is 28.4 Å². The first-order valence-corrected chi connectivity index (χ1v) is 7.35. The fourth-order valence-electron chi connectivity index (χ4n) is 2.70. The second kappa shape index (κ2) is 7.90. The van der Waals surface area contributed by atoms with Gasteiger partial charge in [0.1, 0.15) is 5.75 Å². The maximum atomic E-state index is 9.72. The number of aliphatic hydroxyl groups excluding tert-OH is 2. The van der Waals surface area contributed by atoms with Crippen molar-refractivity contribution >= 4 is 0 Å². The van der Waals surface area contributed by atoms with Gasteiger partial charge in [-0.05, 0) is 29.3 Å². The molecule has 0 aromatic heterocycles. The summed E-state index contributed by atoms with van der Waals surface area (Å²) in [6, 6.07) is 7.14. The smallest absolute Gasteiger partial charge is 0.204 e. The Labute approximate surface area is 141 Å². The third-order valence-corrected chi connectivity index (χ3v) is 3.82. The lowest BCUT2D eigenvalue weighted by atomic mass is 9.96. The van der Waals surface area contributed by atoms with Gasteiger partial charge < -0.3 is 29.2 Å². The van der Waals surface area contributed by atoms with Gasteiger partial charge in [-0.25, -0.2) is 0 Å². The van der Waals surface area contributed by atoms with Crippen LogP contribution in [0.2, 0.25) is 0 Å². The summed E-state index contributed by atoms with van der Waals surface area (Å²) in [4.78, 5) is 0. The van der Waals surface area contributed by atoms with Crippen LogP contribution >= 0.6 is 0 Å². The highest BCUT2D eigenvalue weighted by atomic mass is 16.5. The Hall–Kier alpha value is -2.44. The first-order valence-electron chi connectivity index (χ1n) is 7.35. The molecule has 0 bridgehead atoms. The molecule has 2 N–H and O–H groups in total. The van der Waals surface area contributed by atoms with Crippen LogP contribution in [0.15, 0.2) is 24.3 Å². The fourth-order valence-corrected chi connectivity index (χ4v) is 2.70. The third kappa shape index (κ3) is 3.11. The van der Waals surface area contributed by atoms with Gasteiger partial charge in [-0.2, -0.15) is 0 Å². The predicted molar refractivity (Wildman–Crippen MR) is 89.9 cm³/mol. The fraction of sp³-hybridized carbons (Fsp3) is 0.333. The van der Waals surface area contributed by atoms with Crippen molar-refractivity contribution in [3.63, 3.8) is 0 Å². The molecule has 0 saturated heterocycles. The second-order valence-corrected chi connectivity index (χ2v) is 5.02. The normalized spacial score (nSPS) is 10.4. The van der Waals surface area contributed by atoms with E-state index in [0.717, 1.165) is 5.56 Å². The second-order valence-electron chi connectivity index (χ2n) is 5.02. The lowest BCUT2D eigenvalue weighted by Crippen LogP contribution is -2.02. The van der Waals surface area contributed by atoms with Crippen LogP contribution in [0.5, 0.6) is 23.0 Å². The summed E-state index contributed by atoms with van der Waals surface area (Å²) >= 11 is 0. The van der Waals surface area contributed by atoms with E-state index in [1.807, 2.05) is 6.07 Å². The molecule has 0 spiro atoms. The summed E-state index contributed by atoms with van der Waals surface area (Å²) in [5, 5.41) is 19.4. The summed E-state index contributed by atoms with van der Waals surface area (Å²) in [5.74, 6) is 1.91. The van der Waals surface area contributed by atoms with Gasteiger partial charge in [0.05, 0.1) is 41.7 Å². The van der Waals surface area contributed by atoms with Gasteiger partial charge in [-0.3, -0.25) is 0 Å². The van der Waals surface area contributed by atoms with Gasteiger partial charge in [-0.15, -0.1) is 0 Å². The lowest BCUT2D eigenvalue weighted by Gasteiger charge is -2.20. The van der Waals surface area contributed by atoms with Crippen LogP contribution in [0.25, 0.3) is 11.1 Å². The van der Waals surface area contributed by atoms with Crippen molar-refractivity contribution in [3.8, 4) is 34.1 Å². The molecule has 0 fully saturated rings. The Bertz CT molecular complexity index is 711. The molecule has 6 nitrogen and oxygen atoms in total. The molecule has 2 aromatic rings. The number of aliphatic hydroxyl groups is 2. The van der Waals surface area contributed by atoms with Crippen LogP contribution in [0.4, 0.5) is 0 Å². The van der Waals surface area contributed by atoms with Crippen molar-refractivity contribution in [1.82, 2.24) is 0 Å². The molecule has 0 saturated carbocycles. The van der Waals surface area contributed by atoms with E-state index in [1.165, 1.54) is 21.3 Å². The molecule has 0 atom stereocenters. The van der Waals surface area contributed by atoms with Crippen LogP contribution < -0.4 is 18.9 Å². The van der Waals surface area contributed by atoms with Crippen molar-refractivity contribution < 1.29 is 29.2 Å². The van der Waals surface area contributed by atoms with E-state index in [4.69, 9.17) is 18.9 Å². The van der Waals surface area contributed by atoms with Gasteiger partial charge in [-0.1, -0.05) is 6.07 Å². The maximum Gasteiger partial charge on any atom is 0.204 e. The number of rotatable bonds is 7. The molecule has 6 heteroatoms. The molecule has 0 heterocycles. The highest BCUT2D eigenvalue weighted by molar-refractivity contribution is 5.80. The SMILES string of the molecule is COc1ccc(-c2cc(CO)c(OC)c(OC)c2OC)c(CO)c1. The van der Waals surface area contributed by atoms with E-state index < -0.39 is 0 Å². The molecule has 24 heavy (non-hydrogen) atoms. The van der Waals surface area contributed by atoms with Crippen LogP contribution in [0.3, 0.4) is 0 Å². The quantitative estimate of drug-likeness (QED) is 0.809. The van der Waals surface area contributed by atoms with Crippen molar-refractivity contribution in [2.45, 2.75) is 13.2 Å². The molecule has 0 unspecified atom stereocenters. The largest absolute Gasteiger partial charge is 0.497 e. The highest BCUT2D eigenvalue weighted by Crippen LogP contribution is 2.47. The molecule has 130 valence electrons. The van der Waals surface area contributed by atoms with Gasteiger partial charge in [0, 0.05) is 11.1 Å². The zero-order chi connectivity index (χ0) is 17.7. The van der Waals surface area contributed by atoms with Crippen molar-refractivity contribution in [3.05, 3.63) is 35.4 Å². The zero-order valence-electron chi connectivity index (χ0n) is 14.3. The number of methoxy groups -OCH3 is 4. The van der Waals surface area contributed by atoms with Crippen molar-refractivity contribution in [1.29, 1.82) is 0 Å². The molecular formula is C18H22O6. The van der Waals surface area contributed by atoms with Gasteiger partial charge >= 0.3 is 0 Å². The average molecular weight is 334 g/mol. The minimum atomic E-state index is -0.221. The predicted octanol–water partition coefficient (Wildman–Crippen LogP) is 2.37. The molecule has 2 aromatic carbocycles. The Morgan fingerprint density at radius 3 is 1.79 bits per heavy atom. The standard InChI is InChI=1S/C18H22O6/c1-21-13-5-6-14(11(7-13)9-19)15-8-12(10-20)16(22-2)18(24-4)17(15)23-3/h5-8,19-20H,9-10H2,1-4H3. The summed E-state index contributed by atoms with van der Waals surface area (Å²) in [6.45, 7) is -0.389. The summed E-state index contributed by atoms with van der Waals surface area (Å²) in [5.41, 5.74) is 2.67. The van der Waals surface area contributed by atoms with Crippen LogP contribution in [0, 0.1) is 0 Å². The van der Waals surface area contributed by atoms with E-state index >= 15 is 0 Å². The minimum Gasteiger partial charge on any atom is -0.497 e. The Morgan fingerprint density at radius 2 is 1.29 bits per heavy atom. The topological polar surface area (TPSA) is 77.4 Å². The summed E-state index contributed by atoms with van der Waals surface area (Å²) < 4.78 is 21.5. The molecule has 0 amide bonds. The molecule has 0 aliphatic rings. The van der Waals surface area contributed by atoms with Crippen LogP contribution in [-0.4, -0.2) is 38.7 Å². The monoisotopic (exact) mass is 334 g/mol. The highest BCUT2D eigenvalue weighted by Gasteiger charge is 2.22. The zero-order valence-corrected chi connectivity index (χ0v) is 14.3. The van der Waals surface area contributed by atoms with E-state index in [-0.39, 0.29) is 13.2 Å². The van der Waals surface area contributed by atoms with E-state index in [9.17, 15) is 10.2 Å². The van der Waals surface area contributed by atoms with Crippen LogP contribution in [-0.2, 0) is 13.2 Å². The van der Waals surface area contributed by atoms with Crippen molar-refractivity contribution in [2.24, 2.45) is 0 Å². The molecular weight excluding hydrogens is 312 g/mol. The Kier molecular flexibility index (Phi) is 5.89. The molecule has 0 aliphatic heterocycles. The molecule has 0 radical (unpaired) electrons. The van der Waals surface area contributed by atoms with Gasteiger partial charge in [0.25, 0.3) is 0 Å². The van der Waals surface area contributed by atoms with E-state index in [0.29, 0.717) is 39.7 Å². The minimum absolute atomic E-state index is 0.168. The Balaban J connectivity index is 2.78. The molecule has 2 rings (SSSR count). The van der Waals surface area contributed by atoms with Gasteiger partial charge in [0.15, 0.2) is 11.5 Å². The number of benzene rings is 2. The first-order chi connectivity index (χ1) is 11.6. The third-order valence-electron chi connectivity index (χ3n) is 3.82. The summed E-state index contributed by atoms with van der Waals surface area (Å²) in [7, 11) is 6.10. The van der Waals surface area contributed by atoms with E-state index in [2.05, 4.69) is 0 Å². The van der Waals surface area contributed by atoms with E-state index in [1.54, 1.807) is 25.3 Å². The Morgan fingerprint density at radius 1 is 0.667 bits per heavy atom. The maximum absolute atomic E-state index is 9.72. The van der Waals surface area contributed by atoms with Crippen LogP contribution in [0.1, 0.15) is 11.1 Å². The first kappa shape index (κ1) is 17.9. The molecule has 0 aliphatic carbocycles. The average Bonchev–Trinajstić information content (AvgIpc) is 2.65. The summed E-state index contributed by atoms with van der Waals surface area (Å²) in [6.07, 6.45) is 0. The lowest BCUT2D eigenvalue weighted by molar-refractivity contribution is 0.267. The van der Waals surface area contributed by atoms with Gasteiger partial charge in [0.2, 0.25) is 5.75 Å². The number of hydrogen-bond donors (Lipinski definition) is 2. The number of ether oxygens (including phenoxy) is 4.